The number of hydrogen-bond donors (Lipinski definition) is 2. The minimum Gasteiger partial charge on any atom is -0.332 e. The van der Waals surface area contributed by atoms with Crippen molar-refractivity contribution < 1.29 is 4.79 Å². The lowest BCUT2D eigenvalue weighted by Crippen LogP contribution is -2.32. The van der Waals surface area contributed by atoms with Crippen molar-refractivity contribution in [1.29, 1.82) is 0 Å². The molecule has 0 unspecified atom stereocenters. The van der Waals surface area contributed by atoms with Gasteiger partial charge in [0.15, 0.2) is 5.82 Å². The van der Waals surface area contributed by atoms with Crippen LogP contribution in [-0.2, 0) is 11.2 Å². The number of aromatic amines is 2. The molecule has 0 saturated carbocycles. The van der Waals surface area contributed by atoms with Gasteiger partial charge in [0.05, 0.1) is 11.8 Å². The molecule has 0 aliphatic carbocycles. The van der Waals surface area contributed by atoms with Crippen LogP contribution in [0.4, 0.5) is 0 Å². The van der Waals surface area contributed by atoms with Crippen LogP contribution in [0.1, 0.15) is 43.3 Å². The highest BCUT2D eigenvalue weighted by atomic mass is 32.2. The summed E-state index contributed by atoms with van der Waals surface area (Å²) in [6.07, 6.45) is 2.70. The Bertz CT molecular complexity index is 652. The quantitative estimate of drug-likeness (QED) is 0.803. The topological polar surface area (TPSA) is 103 Å². The molecule has 3 rings (SSSR count). The number of amides is 1. The molecule has 1 atom stereocenters. The summed E-state index contributed by atoms with van der Waals surface area (Å²) >= 11 is 1.36. The van der Waals surface area contributed by atoms with Gasteiger partial charge >= 0.3 is 0 Å². The standard InChI is InChI=1S/C13H19N7OS/c1-3-10-15-13(19-17-10)22-7-11(21)20-6-4-5-9(20)12-14-8(2)16-18-12/h9H,3-7H2,1-2H3,(H,14,16,18)(H,15,17,19)/t9-/m1/s1. The van der Waals surface area contributed by atoms with Gasteiger partial charge in [0.25, 0.3) is 0 Å². The minimum absolute atomic E-state index is 0.0172. The number of nitrogens with one attached hydrogen (secondary N) is 2. The normalized spacial score (nSPS) is 18.1. The SMILES string of the molecule is CCc1nc(SCC(=O)N2CCC[C@@H]2c2n[nH]c(C)n2)n[nH]1. The number of carbonyl (C=O) groups is 1. The van der Waals surface area contributed by atoms with Crippen molar-refractivity contribution in [2.45, 2.75) is 44.3 Å². The van der Waals surface area contributed by atoms with Gasteiger partial charge < -0.3 is 4.90 Å². The first kappa shape index (κ1) is 15.0. The van der Waals surface area contributed by atoms with Crippen molar-refractivity contribution in [1.82, 2.24) is 35.3 Å². The molecule has 1 saturated heterocycles. The van der Waals surface area contributed by atoms with Gasteiger partial charge in [-0.1, -0.05) is 18.7 Å². The van der Waals surface area contributed by atoms with Crippen LogP contribution in [0.2, 0.25) is 0 Å². The third-order valence-electron chi connectivity index (χ3n) is 3.66. The third kappa shape index (κ3) is 3.13. The molecule has 2 aromatic rings. The molecule has 3 heterocycles. The fraction of sp³-hybridized carbons (Fsp3) is 0.615. The molecular formula is C13H19N7OS. The Labute approximate surface area is 132 Å². The van der Waals surface area contributed by atoms with Gasteiger partial charge in [0.2, 0.25) is 11.1 Å². The molecule has 1 aliphatic heterocycles. The van der Waals surface area contributed by atoms with Gasteiger partial charge in [-0.2, -0.15) is 5.10 Å². The lowest BCUT2D eigenvalue weighted by Gasteiger charge is -2.22. The molecule has 1 amide bonds. The van der Waals surface area contributed by atoms with Crippen molar-refractivity contribution in [2.24, 2.45) is 0 Å². The van der Waals surface area contributed by atoms with Crippen molar-refractivity contribution in [2.75, 3.05) is 12.3 Å². The average Bonchev–Trinajstić information content (AvgIpc) is 3.24. The van der Waals surface area contributed by atoms with E-state index in [0.717, 1.165) is 37.5 Å². The van der Waals surface area contributed by atoms with Gasteiger partial charge in [0, 0.05) is 13.0 Å². The first-order valence-electron chi connectivity index (χ1n) is 7.39. The van der Waals surface area contributed by atoms with Crippen LogP contribution in [0.3, 0.4) is 0 Å². The molecule has 0 bridgehead atoms. The Morgan fingerprint density at radius 3 is 2.91 bits per heavy atom. The maximum absolute atomic E-state index is 12.5. The lowest BCUT2D eigenvalue weighted by molar-refractivity contribution is -0.129. The number of likely N-dealkylation sites (tertiary alicyclic amines) is 1. The second kappa shape index (κ2) is 6.47. The number of nitrogens with zero attached hydrogens (tertiary/aromatic N) is 5. The van der Waals surface area contributed by atoms with E-state index < -0.39 is 0 Å². The van der Waals surface area contributed by atoms with E-state index in [4.69, 9.17) is 0 Å². The molecule has 9 heteroatoms. The Morgan fingerprint density at radius 1 is 1.36 bits per heavy atom. The number of rotatable bonds is 5. The van der Waals surface area contributed by atoms with Gasteiger partial charge in [-0.05, 0) is 19.8 Å². The van der Waals surface area contributed by atoms with Crippen LogP contribution < -0.4 is 0 Å². The van der Waals surface area contributed by atoms with E-state index in [0.29, 0.717) is 16.7 Å². The van der Waals surface area contributed by atoms with Gasteiger partial charge in [-0.15, -0.1) is 5.10 Å². The molecular weight excluding hydrogens is 302 g/mol. The molecule has 2 N–H and O–H groups in total. The smallest absolute Gasteiger partial charge is 0.233 e. The summed E-state index contributed by atoms with van der Waals surface area (Å²) in [5.41, 5.74) is 0. The largest absolute Gasteiger partial charge is 0.332 e. The fourth-order valence-electron chi connectivity index (χ4n) is 2.55. The molecule has 1 fully saturated rings. The Balaban J connectivity index is 1.61. The van der Waals surface area contributed by atoms with Crippen LogP contribution in [0.15, 0.2) is 5.16 Å². The summed E-state index contributed by atoms with van der Waals surface area (Å²) in [4.78, 5) is 23.0. The average molecular weight is 321 g/mol. The zero-order valence-electron chi connectivity index (χ0n) is 12.7. The zero-order chi connectivity index (χ0) is 15.5. The maximum Gasteiger partial charge on any atom is 0.233 e. The number of hydrogen-bond acceptors (Lipinski definition) is 6. The van der Waals surface area contributed by atoms with Gasteiger partial charge in [0.1, 0.15) is 11.6 Å². The van der Waals surface area contributed by atoms with Crippen molar-refractivity contribution in [3.05, 3.63) is 17.5 Å². The van der Waals surface area contributed by atoms with E-state index in [1.165, 1.54) is 11.8 Å². The molecule has 22 heavy (non-hydrogen) atoms. The van der Waals surface area contributed by atoms with Crippen LogP contribution in [0.5, 0.6) is 0 Å². The summed E-state index contributed by atoms with van der Waals surface area (Å²) in [5, 5.41) is 14.6. The van der Waals surface area contributed by atoms with E-state index in [2.05, 4.69) is 30.4 Å². The minimum atomic E-state index is -0.0172. The summed E-state index contributed by atoms with van der Waals surface area (Å²) in [7, 11) is 0. The van der Waals surface area contributed by atoms with Crippen LogP contribution >= 0.6 is 11.8 Å². The highest BCUT2D eigenvalue weighted by Crippen LogP contribution is 2.30. The number of H-pyrrole nitrogens is 2. The molecule has 0 spiro atoms. The predicted octanol–water partition coefficient (Wildman–Crippen LogP) is 1.25. The fourth-order valence-corrected chi connectivity index (χ4v) is 3.26. The summed E-state index contributed by atoms with van der Waals surface area (Å²) in [6.45, 7) is 4.63. The van der Waals surface area contributed by atoms with E-state index in [9.17, 15) is 4.79 Å². The Morgan fingerprint density at radius 2 is 2.23 bits per heavy atom. The van der Waals surface area contributed by atoms with E-state index in [-0.39, 0.29) is 11.9 Å². The van der Waals surface area contributed by atoms with Crippen molar-refractivity contribution in [3.63, 3.8) is 0 Å². The molecule has 8 nitrogen and oxygen atoms in total. The molecule has 1 aliphatic rings. The van der Waals surface area contributed by atoms with Gasteiger partial charge in [-0.25, -0.2) is 9.97 Å². The molecule has 0 radical (unpaired) electrons. The van der Waals surface area contributed by atoms with E-state index >= 15 is 0 Å². The van der Waals surface area contributed by atoms with Crippen LogP contribution in [-0.4, -0.2) is 53.5 Å². The highest BCUT2D eigenvalue weighted by molar-refractivity contribution is 7.99. The Kier molecular flexibility index (Phi) is 4.41. The summed E-state index contributed by atoms with van der Waals surface area (Å²) in [5.74, 6) is 2.74. The maximum atomic E-state index is 12.5. The lowest BCUT2D eigenvalue weighted by atomic mass is 10.2. The predicted molar refractivity (Wildman–Crippen MR) is 81.3 cm³/mol. The number of aryl methyl sites for hydroxylation is 2. The second-order valence-corrected chi connectivity index (χ2v) is 6.17. The molecule has 0 aromatic carbocycles. The summed E-state index contributed by atoms with van der Waals surface area (Å²) < 4.78 is 0. The van der Waals surface area contributed by atoms with Crippen molar-refractivity contribution in [3.8, 4) is 0 Å². The first-order chi connectivity index (χ1) is 10.7. The first-order valence-corrected chi connectivity index (χ1v) is 8.38. The highest BCUT2D eigenvalue weighted by Gasteiger charge is 2.32. The number of thioether (sulfide) groups is 1. The Hall–Kier alpha value is -1.90. The zero-order valence-corrected chi connectivity index (χ0v) is 13.5. The van der Waals surface area contributed by atoms with E-state index in [1.807, 2.05) is 18.7 Å². The number of carbonyl (C=O) groups excluding carboxylic acids is 1. The van der Waals surface area contributed by atoms with Crippen LogP contribution in [0.25, 0.3) is 0 Å². The van der Waals surface area contributed by atoms with Crippen LogP contribution in [0, 0.1) is 6.92 Å². The van der Waals surface area contributed by atoms with E-state index in [1.54, 1.807) is 0 Å². The number of aromatic nitrogens is 6. The van der Waals surface area contributed by atoms with Crippen molar-refractivity contribution >= 4 is 17.7 Å². The second-order valence-electron chi connectivity index (χ2n) is 5.23. The molecule has 118 valence electrons. The van der Waals surface area contributed by atoms with Gasteiger partial charge in [-0.3, -0.25) is 15.0 Å². The third-order valence-corrected chi connectivity index (χ3v) is 4.49. The summed E-state index contributed by atoms with van der Waals surface area (Å²) in [6, 6.07) is -0.0172. The molecule has 2 aromatic heterocycles. The monoisotopic (exact) mass is 321 g/mol.